The second-order valence-electron chi connectivity index (χ2n) is 4.74. The van der Waals surface area contributed by atoms with E-state index >= 15 is 0 Å². The number of rotatable bonds is 4. The number of fused-ring (bicyclic) bond motifs is 1. The molecule has 3 heteroatoms. The Hall–Kier alpha value is -0.900. The van der Waals surface area contributed by atoms with Crippen LogP contribution in [0.15, 0.2) is 24.3 Å². The third-order valence-electron chi connectivity index (χ3n) is 3.64. The van der Waals surface area contributed by atoms with Crippen molar-refractivity contribution < 1.29 is 4.74 Å². The predicted octanol–water partition coefficient (Wildman–Crippen LogP) is 1.58. The van der Waals surface area contributed by atoms with Crippen molar-refractivity contribution in [1.29, 1.82) is 0 Å². The first-order valence-electron chi connectivity index (χ1n) is 6.31. The van der Waals surface area contributed by atoms with E-state index < -0.39 is 0 Å². The van der Waals surface area contributed by atoms with Crippen LogP contribution in [-0.2, 0) is 11.2 Å². The van der Waals surface area contributed by atoms with Gasteiger partial charge in [0.05, 0.1) is 6.10 Å². The molecule has 0 aromatic heterocycles. The van der Waals surface area contributed by atoms with Gasteiger partial charge in [0.15, 0.2) is 0 Å². The Bertz CT molecular complexity index is 367. The van der Waals surface area contributed by atoms with Gasteiger partial charge in [0.2, 0.25) is 0 Å². The molecule has 1 aliphatic heterocycles. The van der Waals surface area contributed by atoms with Crippen molar-refractivity contribution in [3.8, 4) is 0 Å². The van der Waals surface area contributed by atoms with Crippen molar-refractivity contribution in [3.05, 3.63) is 35.4 Å². The first-order valence-corrected chi connectivity index (χ1v) is 6.31. The lowest BCUT2D eigenvalue weighted by Crippen LogP contribution is -2.42. The Morgan fingerprint density at radius 2 is 2.24 bits per heavy atom. The minimum atomic E-state index is 0.259. The summed E-state index contributed by atoms with van der Waals surface area (Å²) in [6, 6.07) is 8.98. The minimum absolute atomic E-state index is 0.259. The van der Waals surface area contributed by atoms with Crippen molar-refractivity contribution in [2.75, 3.05) is 26.7 Å². The van der Waals surface area contributed by atoms with Gasteiger partial charge in [-0.25, -0.2) is 0 Å². The van der Waals surface area contributed by atoms with Crippen LogP contribution in [-0.4, -0.2) is 37.7 Å². The number of nitrogens with zero attached hydrogens (tertiary/aromatic N) is 1. The Morgan fingerprint density at radius 3 is 2.94 bits per heavy atom. The summed E-state index contributed by atoms with van der Waals surface area (Å²) >= 11 is 0. The molecule has 0 saturated carbocycles. The SMILES string of the molecule is COC(C)CN1CCc2ccccc2C1CN. The van der Waals surface area contributed by atoms with Gasteiger partial charge in [-0.3, -0.25) is 4.90 Å². The molecular weight excluding hydrogens is 212 g/mol. The van der Waals surface area contributed by atoms with Gasteiger partial charge in [-0.2, -0.15) is 0 Å². The first-order chi connectivity index (χ1) is 8.26. The molecule has 94 valence electrons. The van der Waals surface area contributed by atoms with Gasteiger partial charge < -0.3 is 10.5 Å². The Labute approximate surface area is 104 Å². The summed E-state index contributed by atoms with van der Waals surface area (Å²) in [4.78, 5) is 2.44. The molecule has 2 rings (SSSR count). The van der Waals surface area contributed by atoms with E-state index in [1.54, 1.807) is 7.11 Å². The van der Waals surface area contributed by atoms with Gasteiger partial charge >= 0.3 is 0 Å². The largest absolute Gasteiger partial charge is 0.380 e. The summed E-state index contributed by atoms with van der Waals surface area (Å²) in [5.74, 6) is 0. The number of methoxy groups -OCH3 is 1. The van der Waals surface area contributed by atoms with Crippen LogP contribution >= 0.6 is 0 Å². The molecule has 3 nitrogen and oxygen atoms in total. The standard InChI is InChI=1S/C14H22N2O/c1-11(17-2)10-16-8-7-12-5-3-4-6-13(12)14(16)9-15/h3-6,11,14H,7-10,15H2,1-2H3. The fraction of sp³-hybridized carbons (Fsp3) is 0.571. The minimum Gasteiger partial charge on any atom is -0.380 e. The number of hydrogen-bond acceptors (Lipinski definition) is 3. The van der Waals surface area contributed by atoms with Gasteiger partial charge in [0, 0.05) is 32.8 Å². The predicted molar refractivity (Wildman–Crippen MR) is 70.0 cm³/mol. The first kappa shape index (κ1) is 12.6. The highest BCUT2D eigenvalue weighted by Crippen LogP contribution is 2.28. The smallest absolute Gasteiger partial charge is 0.0670 e. The van der Waals surface area contributed by atoms with Gasteiger partial charge in [-0.1, -0.05) is 24.3 Å². The molecule has 0 aliphatic carbocycles. The van der Waals surface area contributed by atoms with Crippen LogP contribution in [0.4, 0.5) is 0 Å². The van der Waals surface area contributed by atoms with Crippen LogP contribution in [0, 0.1) is 0 Å². The average Bonchev–Trinajstić information content (AvgIpc) is 2.38. The molecule has 0 radical (unpaired) electrons. The molecular formula is C14H22N2O. The molecule has 2 N–H and O–H groups in total. The fourth-order valence-corrected chi connectivity index (χ4v) is 2.60. The highest BCUT2D eigenvalue weighted by atomic mass is 16.5. The fourth-order valence-electron chi connectivity index (χ4n) is 2.60. The van der Waals surface area contributed by atoms with E-state index in [-0.39, 0.29) is 6.10 Å². The second kappa shape index (κ2) is 5.63. The quantitative estimate of drug-likeness (QED) is 0.859. The van der Waals surface area contributed by atoms with E-state index in [0.717, 1.165) is 19.5 Å². The van der Waals surface area contributed by atoms with Gasteiger partial charge in [-0.05, 0) is 24.5 Å². The Kier molecular flexibility index (Phi) is 4.15. The van der Waals surface area contributed by atoms with Gasteiger partial charge in [-0.15, -0.1) is 0 Å². The molecule has 1 aromatic carbocycles. The van der Waals surface area contributed by atoms with Crippen molar-refractivity contribution in [2.24, 2.45) is 5.73 Å². The third kappa shape index (κ3) is 2.68. The lowest BCUT2D eigenvalue weighted by Gasteiger charge is -2.37. The summed E-state index contributed by atoms with van der Waals surface area (Å²) in [6.45, 7) is 4.81. The number of nitrogens with two attached hydrogens (primary N) is 1. The van der Waals surface area contributed by atoms with Crippen LogP contribution in [0.2, 0.25) is 0 Å². The van der Waals surface area contributed by atoms with Crippen LogP contribution in [0.25, 0.3) is 0 Å². The zero-order valence-corrected chi connectivity index (χ0v) is 10.7. The lowest BCUT2D eigenvalue weighted by atomic mass is 9.92. The monoisotopic (exact) mass is 234 g/mol. The maximum absolute atomic E-state index is 5.94. The summed E-state index contributed by atoms with van der Waals surface area (Å²) in [5, 5.41) is 0. The summed E-state index contributed by atoms with van der Waals surface area (Å²) in [7, 11) is 1.76. The molecule has 1 heterocycles. The Balaban J connectivity index is 2.17. The van der Waals surface area contributed by atoms with Crippen molar-refractivity contribution in [1.82, 2.24) is 4.90 Å². The molecule has 2 unspecified atom stereocenters. The molecule has 2 atom stereocenters. The molecule has 0 spiro atoms. The zero-order valence-electron chi connectivity index (χ0n) is 10.7. The molecule has 0 bridgehead atoms. The highest BCUT2D eigenvalue weighted by Gasteiger charge is 2.26. The molecule has 1 aromatic rings. The number of benzene rings is 1. The van der Waals surface area contributed by atoms with Crippen LogP contribution in [0.1, 0.15) is 24.1 Å². The van der Waals surface area contributed by atoms with E-state index in [1.807, 2.05) is 0 Å². The van der Waals surface area contributed by atoms with E-state index in [9.17, 15) is 0 Å². The van der Waals surface area contributed by atoms with Crippen molar-refractivity contribution >= 4 is 0 Å². The summed E-state index contributed by atoms with van der Waals surface area (Å²) in [5.41, 5.74) is 8.78. The molecule has 0 saturated heterocycles. The third-order valence-corrected chi connectivity index (χ3v) is 3.64. The maximum Gasteiger partial charge on any atom is 0.0670 e. The molecule has 1 aliphatic rings. The van der Waals surface area contributed by atoms with Gasteiger partial charge in [0.25, 0.3) is 0 Å². The topological polar surface area (TPSA) is 38.5 Å². The summed E-state index contributed by atoms with van der Waals surface area (Å²) in [6.07, 6.45) is 1.37. The van der Waals surface area contributed by atoms with E-state index in [2.05, 4.69) is 36.1 Å². The Morgan fingerprint density at radius 1 is 1.47 bits per heavy atom. The van der Waals surface area contributed by atoms with Crippen LogP contribution in [0.3, 0.4) is 0 Å². The van der Waals surface area contributed by atoms with Crippen LogP contribution in [0.5, 0.6) is 0 Å². The van der Waals surface area contributed by atoms with Crippen molar-refractivity contribution in [2.45, 2.75) is 25.5 Å². The van der Waals surface area contributed by atoms with E-state index in [1.165, 1.54) is 11.1 Å². The number of ether oxygens (including phenoxy) is 1. The summed E-state index contributed by atoms with van der Waals surface area (Å²) < 4.78 is 5.35. The average molecular weight is 234 g/mol. The van der Waals surface area contributed by atoms with E-state index in [0.29, 0.717) is 12.6 Å². The number of hydrogen-bond donors (Lipinski definition) is 1. The molecule has 0 fully saturated rings. The lowest BCUT2D eigenvalue weighted by molar-refractivity contribution is 0.0575. The van der Waals surface area contributed by atoms with Crippen LogP contribution < -0.4 is 5.73 Å². The molecule has 17 heavy (non-hydrogen) atoms. The second-order valence-corrected chi connectivity index (χ2v) is 4.74. The molecule has 0 amide bonds. The van der Waals surface area contributed by atoms with E-state index in [4.69, 9.17) is 10.5 Å². The normalized spacial score (nSPS) is 22.2. The maximum atomic E-state index is 5.94. The van der Waals surface area contributed by atoms with Gasteiger partial charge in [0.1, 0.15) is 0 Å². The van der Waals surface area contributed by atoms with Crippen molar-refractivity contribution in [3.63, 3.8) is 0 Å². The highest BCUT2D eigenvalue weighted by molar-refractivity contribution is 5.32. The zero-order chi connectivity index (χ0) is 12.3.